The molecule has 0 amide bonds. The Kier molecular flexibility index (Phi) is 6.11. The number of alkyl halides is 1. The molecule has 0 bridgehead atoms. The minimum absolute atomic E-state index is 0.0569. The van der Waals surface area contributed by atoms with Crippen molar-refractivity contribution in [3.63, 3.8) is 0 Å². The summed E-state index contributed by atoms with van der Waals surface area (Å²) in [5.41, 5.74) is 3.03. The zero-order valence-electron chi connectivity index (χ0n) is 10.7. The lowest BCUT2D eigenvalue weighted by Gasteiger charge is -2.39. The molecule has 1 saturated heterocycles. The second-order valence-corrected chi connectivity index (χ2v) is 6.36. The van der Waals surface area contributed by atoms with Crippen LogP contribution in [0.15, 0.2) is 41.6 Å². The lowest BCUT2D eigenvalue weighted by atomic mass is 9.96. The fourth-order valence-corrected chi connectivity index (χ4v) is 3.29. The van der Waals surface area contributed by atoms with Crippen LogP contribution in [0.5, 0.6) is 0 Å². The van der Waals surface area contributed by atoms with Crippen molar-refractivity contribution >= 4 is 31.9 Å². The molecule has 0 radical (unpaired) electrons. The normalized spacial score (nSPS) is 38.3. The van der Waals surface area contributed by atoms with Crippen molar-refractivity contribution in [3.8, 4) is 0 Å². The molecule has 0 N–H and O–H groups in total. The molecule has 0 spiro atoms. The molecule has 0 saturated carbocycles. The first-order valence-electron chi connectivity index (χ1n) is 6.48. The largest absolute Gasteiger partial charge is 0.367 e. The van der Waals surface area contributed by atoms with Crippen molar-refractivity contribution in [1.29, 1.82) is 0 Å². The molecule has 2 aliphatic heterocycles. The van der Waals surface area contributed by atoms with Crippen LogP contribution in [-0.2, 0) is 9.47 Å². The van der Waals surface area contributed by atoms with Crippen LogP contribution >= 0.6 is 31.9 Å². The van der Waals surface area contributed by atoms with Crippen molar-refractivity contribution in [2.75, 3.05) is 0 Å². The maximum absolute atomic E-state index is 6.16. The minimum Gasteiger partial charge on any atom is -0.367 e. The highest BCUT2D eigenvalue weighted by Gasteiger charge is 2.37. The smallest absolute Gasteiger partial charge is 0.0884 e. The van der Waals surface area contributed by atoms with E-state index in [0.29, 0.717) is 0 Å². The fourth-order valence-electron chi connectivity index (χ4n) is 2.43. The maximum Gasteiger partial charge on any atom is 0.0884 e. The molecule has 0 aromatic carbocycles. The number of hydrogen-bond acceptors (Lipinski definition) is 2. The van der Waals surface area contributed by atoms with E-state index in [1.165, 1.54) is 0 Å². The van der Waals surface area contributed by atoms with Gasteiger partial charge in [0, 0.05) is 9.81 Å². The maximum atomic E-state index is 6.16. The van der Waals surface area contributed by atoms with Gasteiger partial charge < -0.3 is 9.47 Å². The van der Waals surface area contributed by atoms with Gasteiger partial charge in [-0.3, -0.25) is 0 Å². The standard InChI is InChI=1S/C15H18Br2O2/c1-2-13-12(17)10-15-14(19-13)8-4-3-6-11(18-15)7-5-9-16/h2-4,7,9,11-15H,1,6,8,10H2. The Balaban J connectivity index is 2.10. The van der Waals surface area contributed by atoms with Crippen molar-refractivity contribution in [1.82, 2.24) is 0 Å². The zero-order chi connectivity index (χ0) is 13.7. The number of fused-ring (bicyclic) bond motifs is 1. The molecule has 2 nitrogen and oxygen atoms in total. The van der Waals surface area contributed by atoms with Crippen molar-refractivity contribution < 1.29 is 9.47 Å². The first-order valence-corrected chi connectivity index (χ1v) is 8.31. The van der Waals surface area contributed by atoms with E-state index in [1.54, 1.807) is 4.99 Å². The van der Waals surface area contributed by atoms with E-state index in [9.17, 15) is 0 Å². The molecule has 5 atom stereocenters. The minimum atomic E-state index is 0.0569. The second kappa shape index (κ2) is 7.61. The molecule has 1 fully saturated rings. The third kappa shape index (κ3) is 4.17. The van der Waals surface area contributed by atoms with Gasteiger partial charge in [-0.15, -0.1) is 12.3 Å². The second-order valence-electron chi connectivity index (χ2n) is 4.72. The van der Waals surface area contributed by atoms with E-state index in [1.807, 2.05) is 12.2 Å². The van der Waals surface area contributed by atoms with Crippen LogP contribution in [0, 0.1) is 0 Å². The lowest BCUT2D eigenvalue weighted by Crippen LogP contribution is -2.46. The summed E-state index contributed by atoms with van der Waals surface area (Å²) in [7, 11) is 0. The summed E-state index contributed by atoms with van der Waals surface area (Å²) in [6, 6.07) is 0. The molecular formula is C15H18Br2O2. The van der Waals surface area contributed by atoms with Gasteiger partial charge in [0.2, 0.25) is 0 Å². The third-order valence-corrected chi connectivity index (χ3v) is 4.55. The summed E-state index contributed by atoms with van der Waals surface area (Å²) in [5.74, 6) is 0. The average molecular weight is 390 g/mol. The monoisotopic (exact) mass is 388 g/mol. The predicted molar refractivity (Wildman–Crippen MR) is 84.8 cm³/mol. The zero-order valence-corrected chi connectivity index (χ0v) is 13.8. The summed E-state index contributed by atoms with van der Waals surface area (Å²) < 4.78 is 12.2. The van der Waals surface area contributed by atoms with Crippen LogP contribution in [0.2, 0.25) is 0 Å². The lowest BCUT2D eigenvalue weighted by molar-refractivity contribution is -0.134. The van der Waals surface area contributed by atoms with Crippen LogP contribution in [0.4, 0.5) is 0 Å². The van der Waals surface area contributed by atoms with Gasteiger partial charge in [-0.2, -0.15) is 0 Å². The van der Waals surface area contributed by atoms with Crippen molar-refractivity contribution in [2.45, 2.75) is 48.5 Å². The Hall–Kier alpha value is -0.120. The van der Waals surface area contributed by atoms with E-state index in [4.69, 9.17) is 9.47 Å². The van der Waals surface area contributed by atoms with E-state index in [2.05, 4.69) is 56.3 Å². The van der Waals surface area contributed by atoms with Gasteiger partial charge in [-0.1, -0.05) is 50.1 Å². The number of halogens is 2. The Labute approximate surface area is 131 Å². The summed E-state index contributed by atoms with van der Waals surface area (Å²) in [4.78, 5) is 1.99. The highest BCUT2D eigenvalue weighted by atomic mass is 79.9. The summed E-state index contributed by atoms with van der Waals surface area (Å²) in [6.45, 7) is 3.83. The van der Waals surface area contributed by atoms with Gasteiger partial charge in [0.1, 0.15) is 0 Å². The predicted octanol–water partition coefficient (Wildman–Crippen LogP) is 4.26. The molecule has 4 heteroatoms. The molecule has 104 valence electrons. The highest BCUT2D eigenvalue weighted by Crippen LogP contribution is 2.32. The number of ether oxygens (including phenoxy) is 2. The average Bonchev–Trinajstić information content (AvgIpc) is 2.39. The van der Waals surface area contributed by atoms with Gasteiger partial charge in [-0.25, -0.2) is 0 Å². The molecule has 2 aliphatic rings. The van der Waals surface area contributed by atoms with E-state index in [-0.39, 0.29) is 29.2 Å². The molecule has 0 aliphatic carbocycles. The number of hydrogen-bond donors (Lipinski definition) is 0. The topological polar surface area (TPSA) is 18.5 Å². The Morgan fingerprint density at radius 1 is 1.21 bits per heavy atom. The summed E-state index contributed by atoms with van der Waals surface area (Å²) in [5, 5.41) is 0. The van der Waals surface area contributed by atoms with Crippen LogP contribution in [0.1, 0.15) is 19.3 Å². The molecule has 0 aromatic rings. The van der Waals surface area contributed by atoms with Crippen LogP contribution in [0.3, 0.4) is 0 Å². The van der Waals surface area contributed by atoms with E-state index < -0.39 is 0 Å². The fraction of sp³-hybridized carbons (Fsp3) is 0.533. The first-order chi connectivity index (χ1) is 9.24. The van der Waals surface area contributed by atoms with Crippen LogP contribution < -0.4 is 0 Å². The van der Waals surface area contributed by atoms with Gasteiger partial charge in [-0.05, 0) is 25.3 Å². The van der Waals surface area contributed by atoms with Crippen LogP contribution in [0.25, 0.3) is 0 Å². The molecule has 19 heavy (non-hydrogen) atoms. The molecule has 2 rings (SSSR count). The van der Waals surface area contributed by atoms with Gasteiger partial charge in [0.05, 0.1) is 24.4 Å². The molecular weight excluding hydrogens is 372 g/mol. The Bertz CT molecular complexity index is 399. The Morgan fingerprint density at radius 3 is 2.74 bits per heavy atom. The molecule has 0 aromatic heterocycles. The van der Waals surface area contributed by atoms with Crippen molar-refractivity contribution in [2.24, 2.45) is 0 Å². The molecule has 5 unspecified atom stereocenters. The van der Waals surface area contributed by atoms with E-state index in [0.717, 1.165) is 19.3 Å². The van der Waals surface area contributed by atoms with E-state index >= 15 is 0 Å². The summed E-state index contributed by atoms with van der Waals surface area (Å²) >= 11 is 6.88. The molecule has 2 heterocycles. The Morgan fingerprint density at radius 2 is 2.00 bits per heavy atom. The van der Waals surface area contributed by atoms with Crippen molar-refractivity contribution in [3.05, 3.63) is 41.6 Å². The third-order valence-electron chi connectivity index (χ3n) is 3.39. The van der Waals surface area contributed by atoms with Gasteiger partial charge >= 0.3 is 0 Å². The number of rotatable bonds is 2. The first kappa shape index (κ1) is 15.3. The SMILES string of the molecule is C=CC1OC2CC=CCC(C=C=CBr)OC2CC1Br. The van der Waals surface area contributed by atoms with Gasteiger partial charge in [0.25, 0.3) is 0 Å². The van der Waals surface area contributed by atoms with Crippen LogP contribution in [-0.4, -0.2) is 29.2 Å². The highest BCUT2D eigenvalue weighted by molar-refractivity contribution is 9.11. The summed E-state index contributed by atoms with van der Waals surface area (Å²) in [6.07, 6.45) is 11.2. The van der Waals surface area contributed by atoms with Gasteiger partial charge in [0.15, 0.2) is 0 Å². The quantitative estimate of drug-likeness (QED) is 0.399.